The molecule has 0 aliphatic carbocycles. The van der Waals surface area contributed by atoms with Crippen LogP contribution >= 0.6 is 15.9 Å². The quantitative estimate of drug-likeness (QED) is 0.468. The number of aromatic nitrogens is 1. The van der Waals surface area contributed by atoms with E-state index in [-0.39, 0.29) is 16.6 Å². The highest BCUT2D eigenvalue weighted by Crippen LogP contribution is 2.34. The number of alkyl halides is 2. The fraction of sp³-hybridized carbons (Fsp3) is 0.400. The summed E-state index contributed by atoms with van der Waals surface area (Å²) in [5.74, 6) is -1.40. The van der Waals surface area contributed by atoms with Gasteiger partial charge in [-0.25, -0.2) is 8.78 Å². The molecule has 9 heteroatoms. The Morgan fingerprint density at radius 1 is 1.63 bits per heavy atom. The minimum atomic E-state index is -2.86. The van der Waals surface area contributed by atoms with Crippen molar-refractivity contribution in [2.45, 2.75) is 19.8 Å². The standard InChI is InChI=1S/C10H9BrF2N2O4/c1-2-19-7(16)3-5-8(11)6(9(12)13)4-14-10(5)15(17)18/h4,9H,2-3H2,1H3. The first-order valence-electron chi connectivity index (χ1n) is 5.13. The summed E-state index contributed by atoms with van der Waals surface area (Å²) in [5.41, 5.74) is -0.730. The van der Waals surface area contributed by atoms with E-state index in [9.17, 15) is 23.7 Å². The average molecular weight is 339 g/mol. The number of carbonyl (C=O) groups is 1. The van der Waals surface area contributed by atoms with E-state index in [4.69, 9.17) is 0 Å². The third-order valence-electron chi connectivity index (χ3n) is 2.15. The van der Waals surface area contributed by atoms with Crippen LogP contribution in [0.4, 0.5) is 14.6 Å². The predicted octanol–water partition coefficient (Wildman–Crippen LogP) is 2.80. The van der Waals surface area contributed by atoms with Crippen LogP contribution in [0, 0.1) is 10.1 Å². The highest BCUT2D eigenvalue weighted by molar-refractivity contribution is 9.10. The van der Waals surface area contributed by atoms with E-state index in [1.807, 2.05) is 0 Å². The molecule has 0 saturated heterocycles. The predicted molar refractivity (Wildman–Crippen MR) is 63.9 cm³/mol. The van der Waals surface area contributed by atoms with Crippen molar-refractivity contribution in [1.29, 1.82) is 0 Å². The van der Waals surface area contributed by atoms with Gasteiger partial charge in [0, 0.05) is 4.47 Å². The van der Waals surface area contributed by atoms with Crippen molar-refractivity contribution in [3.63, 3.8) is 0 Å². The van der Waals surface area contributed by atoms with Crippen LogP contribution in [0.2, 0.25) is 0 Å². The molecule has 0 atom stereocenters. The van der Waals surface area contributed by atoms with Gasteiger partial charge in [-0.1, -0.05) is 0 Å². The average Bonchev–Trinajstić information content (AvgIpc) is 2.31. The molecule has 6 nitrogen and oxygen atoms in total. The smallest absolute Gasteiger partial charge is 0.368 e. The number of halogens is 3. The molecule has 104 valence electrons. The Morgan fingerprint density at radius 3 is 2.74 bits per heavy atom. The second kappa shape index (κ2) is 6.50. The van der Waals surface area contributed by atoms with Crippen LogP contribution in [0.5, 0.6) is 0 Å². The van der Waals surface area contributed by atoms with Crippen LogP contribution in [-0.4, -0.2) is 22.5 Å². The second-order valence-electron chi connectivity index (χ2n) is 3.37. The number of ether oxygens (including phenoxy) is 1. The van der Waals surface area contributed by atoms with Crippen molar-refractivity contribution >= 4 is 27.7 Å². The van der Waals surface area contributed by atoms with E-state index in [0.717, 1.165) is 0 Å². The van der Waals surface area contributed by atoms with Crippen LogP contribution in [0.3, 0.4) is 0 Å². The molecule has 1 aromatic rings. The van der Waals surface area contributed by atoms with Crippen LogP contribution in [-0.2, 0) is 16.0 Å². The molecule has 0 unspecified atom stereocenters. The number of hydrogen-bond donors (Lipinski definition) is 0. The zero-order chi connectivity index (χ0) is 14.6. The Balaban J connectivity index is 3.26. The minimum Gasteiger partial charge on any atom is -0.466 e. The summed E-state index contributed by atoms with van der Waals surface area (Å²) >= 11 is 2.85. The topological polar surface area (TPSA) is 82.3 Å². The molecule has 1 rings (SSSR count). The lowest BCUT2D eigenvalue weighted by atomic mass is 10.1. The van der Waals surface area contributed by atoms with E-state index in [1.165, 1.54) is 0 Å². The maximum Gasteiger partial charge on any atom is 0.368 e. The third kappa shape index (κ3) is 3.66. The Hall–Kier alpha value is -1.64. The molecule has 0 fully saturated rings. The number of rotatable bonds is 5. The summed E-state index contributed by atoms with van der Waals surface area (Å²) < 4.78 is 29.8. The van der Waals surface area contributed by atoms with Crippen molar-refractivity contribution in [3.05, 3.63) is 31.9 Å². The van der Waals surface area contributed by atoms with Gasteiger partial charge in [0.15, 0.2) is 0 Å². The zero-order valence-electron chi connectivity index (χ0n) is 9.73. The van der Waals surface area contributed by atoms with E-state index in [0.29, 0.717) is 6.20 Å². The lowest BCUT2D eigenvalue weighted by molar-refractivity contribution is -0.390. The summed E-state index contributed by atoms with van der Waals surface area (Å²) in [6, 6.07) is 0. The number of esters is 1. The number of pyridine rings is 1. The maximum atomic E-state index is 12.7. The lowest BCUT2D eigenvalue weighted by Gasteiger charge is -2.08. The summed E-state index contributed by atoms with van der Waals surface area (Å²) in [5, 5.41) is 10.8. The van der Waals surface area contributed by atoms with Gasteiger partial charge >= 0.3 is 11.8 Å². The molecule has 19 heavy (non-hydrogen) atoms. The normalized spacial score (nSPS) is 10.6. The van der Waals surface area contributed by atoms with Gasteiger partial charge < -0.3 is 14.9 Å². The molecule has 1 heterocycles. The van der Waals surface area contributed by atoms with Crippen molar-refractivity contribution in [2.75, 3.05) is 6.61 Å². The molecular weight excluding hydrogens is 330 g/mol. The van der Waals surface area contributed by atoms with Gasteiger partial charge in [0.05, 0.1) is 24.2 Å². The summed E-state index contributed by atoms with van der Waals surface area (Å²) in [6.07, 6.45) is -2.65. The van der Waals surface area contributed by atoms with E-state index in [1.54, 1.807) is 6.92 Å². The molecule has 0 aromatic carbocycles. The molecule has 0 N–H and O–H groups in total. The van der Waals surface area contributed by atoms with Gasteiger partial charge in [0.25, 0.3) is 6.43 Å². The van der Waals surface area contributed by atoms with Gasteiger partial charge in [-0.3, -0.25) is 4.79 Å². The van der Waals surface area contributed by atoms with Gasteiger partial charge in [0.2, 0.25) is 0 Å². The summed E-state index contributed by atoms with van der Waals surface area (Å²) in [6.45, 7) is 1.65. The molecule has 0 aliphatic heterocycles. The molecular formula is C10H9BrF2N2O4. The van der Waals surface area contributed by atoms with E-state index >= 15 is 0 Å². The molecule has 0 amide bonds. The van der Waals surface area contributed by atoms with Crippen LogP contribution in [0.1, 0.15) is 24.5 Å². The highest BCUT2D eigenvalue weighted by atomic mass is 79.9. The fourth-order valence-corrected chi connectivity index (χ4v) is 1.95. The Bertz CT molecular complexity index is 511. The number of nitro groups is 1. The first kappa shape index (κ1) is 15.4. The molecule has 1 aromatic heterocycles. The third-order valence-corrected chi connectivity index (χ3v) is 3.09. The molecule has 0 aliphatic rings. The van der Waals surface area contributed by atoms with Crippen LogP contribution in [0.25, 0.3) is 0 Å². The van der Waals surface area contributed by atoms with E-state index < -0.39 is 35.1 Å². The van der Waals surface area contributed by atoms with Gasteiger partial charge in [-0.15, -0.1) is 0 Å². The lowest BCUT2D eigenvalue weighted by Crippen LogP contribution is -2.11. The first-order valence-corrected chi connectivity index (χ1v) is 5.93. The van der Waals surface area contributed by atoms with Gasteiger partial charge in [-0.2, -0.15) is 0 Å². The van der Waals surface area contributed by atoms with Crippen LogP contribution in [0.15, 0.2) is 10.7 Å². The van der Waals surface area contributed by atoms with Crippen molar-refractivity contribution in [1.82, 2.24) is 4.98 Å². The van der Waals surface area contributed by atoms with Crippen LogP contribution < -0.4 is 0 Å². The highest BCUT2D eigenvalue weighted by Gasteiger charge is 2.27. The largest absolute Gasteiger partial charge is 0.466 e. The Labute approximate surface area is 115 Å². The Morgan fingerprint density at radius 2 is 2.26 bits per heavy atom. The molecule has 0 bridgehead atoms. The summed E-state index contributed by atoms with van der Waals surface area (Å²) in [7, 11) is 0. The zero-order valence-corrected chi connectivity index (χ0v) is 11.3. The molecule has 0 spiro atoms. The SMILES string of the molecule is CCOC(=O)Cc1c([N+](=O)[O-])ncc(C(F)F)c1Br. The number of hydrogen-bond acceptors (Lipinski definition) is 5. The molecule has 0 radical (unpaired) electrons. The van der Waals surface area contributed by atoms with Crippen molar-refractivity contribution in [2.24, 2.45) is 0 Å². The maximum absolute atomic E-state index is 12.7. The van der Waals surface area contributed by atoms with Gasteiger partial charge in [0.1, 0.15) is 6.20 Å². The van der Waals surface area contributed by atoms with Gasteiger partial charge in [-0.05, 0) is 32.8 Å². The minimum absolute atomic E-state index is 0.0895. The second-order valence-corrected chi connectivity index (χ2v) is 4.16. The van der Waals surface area contributed by atoms with E-state index in [2.05, 4.69) is 25.7 Å². The summed E-state index contributed by atoms with van der Waals surface area (Å²) in [4.78, 5) is 24.6. The fourth-order valence-electron chi connectivity index (χ4n) is 1.36. The first-order chi connectivity index (χ1) is 8.88. The number of carbonyl (C=O) groups excluding carboxylic acids is 1. The van der Waals surface area contributed by atoms with Crippen molar-refractivity contribution < 1.29 is 23.2 Å². The van der Waals surface area contributed by atoms with Crippen molar-refractivity contribution in [3.8, 4) is 0 Å². The molecule has 0 saturated carbocycles. The number of nitrogens with zero attached hydrogens (tertiary/aromatic N) is 2. The monoisotopic (exact) mass is 338 g/mol. The Kier molecular flexibility index (Phi) is 5.28.